The summed E-state index contributed by atoms with van der Waals surface area (Å²) in [6.45, 7) is 0. The molecule has 0 saturated carbocycles. The van der Waals surface area contributed by atoms with E-state index in [1.54, 1.807) is 0 Å². The fourth-order valence-electron chi connectivity index (χ4n) is 1.56. The number of benzene rings is 2. The fraction of sp³-hybridized carbons (Fsp3) is 0. The van der Waals surface area contributed by atoms with Gasteiger partial charge in [0.1, 0.15) is 11.6 Å². The molecule has 2 N–H and O–H groups in total. The number of hydrogen-bond donors (Lipinski definition) is 2. The minimum absolute atomic E-state index is 0.360. The molecule has 110 valence electrons. The van der Waals surface area contributed by atoms with Crippen molar-refractivity contribution in [2.24, 2.45) is 0 Å². The van der Waals surface area contributed by atoms with Crippen molar-refractivity contribution >= 4 is 21.4 Å². The Balaban J connectivity index is 2.41. The van der Waals surface area contributed by atoms with Gasteiger partial charge in [-0.1, -0.05) is 6.07 Å². The summed E-state index contributed by atoms with van der Waals surface area (Å²) < 4.78 is 39.2. The summed E-state index contributed by atoms with van der Waals surface area (Å²) >= 11 is 0. The summed E-state index contributed by atoms with van der Waals surface area (Å²) in [6.07, 6.45) is 0. The highest BCUT2D eigenvalue weighted by Gasteiger charge is 2.19. The Labute approximate surface area is 118 Å². The summed E-state index contributed by atoms with van der Waals surface area (Å²) in [6, 6.07) is 7.09. The Kier molecular flexibility index (Phi) is 3.76. The lowest BCUT2D eigenvalue weighted by molar-refractivity contribution is -0.385. The van der Waals surface area contributed by atoms with Crippen molar-refractivity contribution < 1.29 is 22.8 Å². The molecule has 2 aromatic carbocycles. The van der Waals surface area contributed by atoms with Crippen molar-refractivity contribution in [3.63, 3.8) is 0 Å². The third-order valence-electron chi connectivity index (χ3n) is 2.54. The summed E-state index contributed by atoms with van der Waals surface area (Å²) in [5.41, 5.74) is -0.761. The Hall–Kier alpha value is -2.68. The first-order chi connectivity index (χ1) is 9.79. The summed E-state index contributed by atoms with van der Waals surface area (Å²) in [7, 11) is -4.19. The predicted molar refractivity (Wildman–Crippen MR) is 72.0 cm³/mol. The number of nitrogens with zero attached hydrogens (tertiary/aromatic N) is 1. The van der Waals surface area contributed by atoms with Gasteiger partial charge < -0.3 is 5.11 Å². The van der Waals surface area contributed by atoms with Crippen LogP contribution in [0.5, 0.6) is 5.75 Å². The topological polar surface area (TPSA) is 110 Å². The molecular formula is C12H9FN2O5S. The van der Waals surface area contributed by atoms with Crippen LogP contribution in [0.1, 0.15) is 0 Å². The van der Waals surface area contributed by atoms with Gasteiger partial charge >= 0.3 is 0 Å². The van der Waals surface area contributed by atoms with Crippen LogP contribution >= 0.6 is 0 Å². The van der Waals surface area contributed by atoms with Crippen molar-refractivity contribution in [1.82, 2.24) is 0 Å². The lowest BCUT2D eigenvalue weighted by atomic mass is 10.3. The quantitative estimate of drug-likeness (QED) is 0.511. The molecule has 7 nitrogen and oxygen atoms in total. The number of nitro groups is 1. The first-order valence-electron chi connectivity index (χ1n) is 5.55. The maximum Gasteiger partial charge on any atom is 0.270 e. The number of sulfonamides is 1. The highest BCUT2D eigenvalue weighted by Crippen LogP contribution is 2.27. The third kappa shape index (κ3) is 3.26. The molecular weight excluding hydrogens is 303 g/mol. The van der Waals surface area contributed by atoms with E-state index in [2.05, 4.69) is 0 Å². The second-order valence-corrected chi connectivity index (χ2v) is 5.70. The second-order valence-electron chi connectivity index (χ2n) is 4.02. The Morgan fingerprint density at radius 2 is 1.90 bits per heavy atom. The van der Waals surface area contributed by atoms with E-state index in [1.807, 2.05) is 4.72 Å². The van der Waals surface area contributed by atoms with E-state index < -0.39 is 32.2 Å². The van der Waals surface area contributed by atoms with Crippen LogP contribution in [0.25, 0.3) is 0 Å². The highest BCUT2D eigenvalue weighted by atomic mass is 32.2. The van der Waals surface area contributed by atoms with Crippen LogP contribution in [0.4, 0.5) is 15.8 Å². The Morgan fingerprint density at radius 1 is 1.19 bits per heavy atom. The number of phenols is 1. The molecule has 0 heterocycles. The van der Waals surface area contributed by atoms with Gasteiger partial charge in [-0.2, -0.15) is 0 Å². The monoisotopic (exact) mass is 312 g/mol. The molecule has 0 radical (unpaired) electrons. The molecule has 0 bridgehead atoms. The number of hydrogen-bond acceptors (Lipinski definition) is 5. The zero-order valence-corrected chi connectivity index (χ0v) is 11.2. The molecule has 0 aromatic heterocycles. The third-order valence-corrected chi connectivity index (χ3v) is 3.90. The molecule has 0 aliphatic carbocycles. The number of aromatic hydroxyl groups is 1. The molecule has 0 fully saturated rings. The molecule has 9 heteroatoms. The van der Waals surface area contributed by atoms with Gasteiger partial charge in [0.25, 0.3) is 15.7 Å². The average Bonchev–Trinajstić information content (AvgIpc) is 2.43. The maximum absolute atomic E-state index is 13.1. The van der Waals surface area contributed by atoms with Crippen LogP contribution in [0.15, 0.2) is 47.4 Å². The molecule has 2 rings (SSSR count). The van der Waals surface area contributed by atoms with Gasteiger partial charge in [0, 0.05) is 18.2 Å². The van der Waals surface area contributed by atoms with Crippen molar-refractivity contribution in [3.05, 3.63) is 58.4 Å². The first kappa shape index (κ1) is 14.7. The number of rotatable bonds is 4. The van der Waals surface area contributed by atoms with E-state index in [-0.39, 0.29) is 10.6 Å². The second kappa shape index (κ2) is 5.37. The molecule has 0 spiro atoms. The number of anilines is 1. The van der Waals surface area contributed by atoms with Crippen LogP contribution in [0.3, 0.4) is 0 Å². The van der Waals surface area contributed by atoms with Gasteiger partial charge in [-0.25, -0.2) is 12.8 Å². The van der Waals surface area contributed by atoms with Gasteiger partial charge in [0.15, 0.2) is 0 Å². The minimum atomic E-state index is -4.19. The van der Waals surface area contributed by atoms with E-state index in [9.17, 15) is 28.0 Å². The van der Waals surface area contributed by atoms with E-state index in [1.165, 1.54) is 6.07 Å². The standard InChI is InChI=1S/C12H9FN2O5S/c13-8-4-5-12(16)11(6-8)14-21(19,20)10-3-1-2-9(7-10)15(17)18/h1-7,14,16H. The fourth-order valence-corrected chi connectivity index (χ4v) is 2.66. The molecule has 21 heavy (non-hydrogen) atoms. The summed E-state index contributed by atoms with van der Waals surface area (Å²) in [4.78, 5) is 9.53. The zero-order valence-electron chi connectivity index (χ0n) is 10.4. The molecule has 0 atom stereocenters. The highest BCUT2D eigenvalue weighted by molar-refractivity contribution is 7.92. The van der Waals surface area contributed by atoms with Crippen LogP contribution in [-0.4, -0.2) is 18.4 Å². The van der Waals surface area contributed by atoms with Crippen LogP contribution in [-0.2, 0) is 10.0 Å². The lowest BCUT2D eigenvalue weighted by Crippen LogP contribution is -2.13. The van der Waals surface area contributed by atoms with Crippen molar-refractivity contribution in [3.8, 4) is 5.75 Å². The number of nitrogens with one attached hydrogen (secondary N) is 1. The summed E-state index contributed by atoms with van der Waals surface area (Å²) in [5.74, 6) is -1.21. The largest absolute Gasteiger partial charge is 0.506 e. The minimum Gasteiger partial charge on any atom is -0.506 e. The van der Waals surface area contributed by atoms with Crippen molar-refractivity contribution in [1.29, 1.82) is 0 Å². The van der Waals surface area contributed by atoms with Crippen LogP contribution < -0.4 is 4.72 Å². The zero-order chi connectivity index (χ0) is 15.6. The van der Waals surface area contributed by atoms with Gasteiger partial charge in [0.2, 0.25) is 0 Å². The molecule has 0 unspecified atom stereocenters. The van der Waals surface area contributed by atoms with Gasteiger partial charge in [-0.05, 0) is 18.2 Å². The maximum atomic E-state index is 13.1. The molecule has 0 aliphatic rings. The molecule has 0 saturated heterocycles. The average molecular weight is 312 g/mol. The summed E-state index contributed by atoms with van der Waals surface area (Å²) in [5, 5.41) is 20.1. The van der Waals surface area contributed by atoms with E-state index in [0.29, 0.717) is 0 Å². The predicted octanol–water partition coefficient (Wildman–Crippen LogP) is 2.24. The molecule has 0 amide bonds. The SMILES string of the molecule is O=[N+]([O-])c1cccc(S(=O)(=O)Nc2cc(F)ccc2O)c1. The first-order valence-corrected chi connectivity index (χ1v) is 7.04. The molecule has 2 aromatic rings. The van der Waals surface area contributed by atoms with E-state index in [4.69, 9.17) is 0 Å². The lowest BCUT2D eigenvalue weighted by Gasteiger charge is -2.09. The Bertz CT molecular complexity index is 807. The number of nitro benzene ring substituents is 1. The number of halogens is 1. The van der Waals surface area contributed by atoms with Crippen molar-refractivity contribution in [2.75, 3.05) is 4.72 Å². The van der Waals surface area contributed by atoms with E-state index >= 15 is 0 Å². The smallest absolute Gasteiger partial charge is 0.270 e. The number of non-ortho nitro benzene ring substituents is 1. The van der Waals surface area contributed by atoms with Crippen LogP contribution in [0, 0.1) is 15.9 Å². The van der Waals surface area contributed by atoms with Crippen molar-refractivity contribution in [2.45, 2.75) is 4.90 Å². The van der Waals surface area contributed by atoms with Gasteiger partial charge in [-0.3, -0.25) is 14.8 Å². The Morgan fingerprint density at radius 3 is 2.57 bits per heavy atom. The van der Waals surface area contributed by atoms with Crippen LogP contribution in [0.2, 0.25) is 0 Å². The van der Waals surface area contributed by atoms with Gasteiger partial charge in [0.05, 0.1) is 15.5 Å². The number of phenolic OH excluding ortho intramolecular Hbond substituents is 1. The van der Waals surface area contributed by atoms with Gasteiger partial charge in [-0.15, -0.1) is 0 Å². The normalized spacial score (nSPS) is 11.1. The molecule has 0 aliphatic heterocycles. The van der Waals surface area contributed by atoms with E-state index in [0.717, 1.165) is 36.4 Å².